The third kappa shape index (κ3) is 1.03. The quantitative estimate of drug-likeness (QED) is 0.530. The van der Waals surface area contributed by atoms with Gasteiger partial charge in [0.2, 0.25) is 5.95 Å². The first-order valence-corrected chi connectivity index (χ1v) is 3.60. The number of carbonyl (C=O) groups is 2. The van der Waals surface area contributed by atoms with Gasteiger partial charge in [-0.2, -0.15) is 0 Å². The molecule has 0 radical (unpaired) electrons. The lowest BCUT2D eigenvalue weighted by Gasteiger charge is -2.10. The topological polar surface area (TPSA) is 68.1 Å². The molecule has 6 nitrogen and oxygen atoms in total. The van der Waals surface area contributed by atoms with Crippen LogP contribution in [-0.2, 0) is 16.6 Å². The van der Waals surface area contributed by atoms with Crippen LogP contribution in [0.15, 0.2) is 18.5 Å². The van der Waals surface area contributed by atoms with Crippen LogP contribution in [-0.4, -0.2) is 26.6 Å². The van der Waals surface area contributed by atoms with Crippen molar-refractivity contribution in [3.63, 3.8) is 0 Å². The van der Waals surface area contributed by atoms with Gasteiger partial charge in [0, 0.05) is 19.2 Å². The first-order valence-electron chi connectivity index (χ1n) is 3.60. The number of hydrogen-bond acceptors (Lipinski definition) is 4. The van der Waals surface area contributed by atoms with E-state index in [0.29, 0.717) is 0 Å². The summed E-state index contributed by atoms with van der Waals surface area (Å²) in [6.07, 6.45) is 3.84. The molecule has 1 aromatic rings. The molecule has 0 saturated heterocycles. The largest absolute Gasteiger partial charge is 0.302 e. The molecule has 0 aromatic carbocycles. The molecule has 0 spiro atoms. The molecule has 0 aliphatic carbocycles. The first-order chi connectivity index (χ1) is 6.20. The van der Waals surface area contributed by atoms with Gasteiger partial charge in [0.15, 0.2) is 0 Å². The fourth-order valence-electron chi connectivity index (χ4n) is 1.08. The number of aryl methyl sites for hydroxylation is 1. The van der Waals surface area contributed by atoms with Gasteiger partial charge in [0.1, 0.15) is 6.33 Å². The number of hydrogen-bond donors (Lipinski definition) is 0. The average Bonchev–Trinajstić information content (AvgIpc) is 2.60. The normalized spacial score (nSPS) is 15.9. The fraction of sp³-hybridized carbons (Fsp3) is 0.143. The van der Waals surface area contributed by atoms with Crippen molar-refractivity contribution in [1.82, 2.24) is 14.8 Å². The number of imide groups is 1. The van der Waals surface area contributed by atoms with Crippen molar-refractivity contribution >= 4 is 17.8 Å². The van der Waals surface area contributed by atoms with E-state index in [2.05, 4.69) is 10.2 Å². The molecular formula is C7H6N4O2. The second-order valence-electron chi connectivity index (χ2n) is 2.59. The molecule has 13 heavy (non-hydrogen) atoms. The molecule has 2 rings (SSSR count). The lowest BCUT2D eigenvalue weighted by Crippen LogP contribution is -2.31. The van der Waals surface area contributed by atoms with Crippen LogP contribution in [0, 0.1) is 0 Å². The molecule has 66 valence electrons. The van der Waals surface area contributed by atoms with Crippen molar-refractivity contribution in [2.24, 2.45) is 7.05 Å². The van der Waals surface area contributed by atoms with Crippen LogP contribution in [0.2, 0.25) is 0 Å². The number of nitrogens with zero attached hydrogens (tertiary/aromatic N) is 4. The lowest BCUT2D eigenvalue weighted by atomic mass is 10.6. The summed E-state index contributed by atoms with van der Waals surface area (Å²) in [5.41, 5.74) is 0. The highest BCUT2D eigenvalue weighted by atomic mass is 16.2. The average molecular weight is 178 g/mol. The fourth-order valence-corrected chi connectivity index (χ4v) is 1.08. The van der Waals surface area contributed by atoms with Crippen molar-refractivity contribution in [3.8, 4) is 0 Å². The zero-order valence-corrected chi connectivity index (χ0v) is 6.84. The van der Waals surface area contributed by atoms with E-state index in [1.165, 1.54) is 23.0 Å². The van der Waals surface area contributed by atoms with Gasteiger partial charge in [0.05, 0.1) is 0 Å². The van der Waals surface area contributed by atoms with Crippen LogP contribution in [0.1, 0.15) is 0 Å². The van der Waals surface area contributed by atoms with Crippen molar-refractivity contribution in [2.75, 3.05) is 4.90 Å². The lowest BCUT2D eigenvalue weighted by molar-refractivity contribution is -0.120. The maximum atomic E-state index is 11.2. The number of carbonyl (C=O) groups excluding carboxylic acids is 2. The van der Waals surface area contributed by atoms with E-state index in [1.54, 1.807) is 7.05 Å². The Kier molecular flexibility index (Phi) is 1.48. The second-order valence-corrected chi connectivity index (χ2v) is 2.59. The Bertz CT molecular complexity index is 388. The highest BCUT2D eigenvalue weighted by Gasteiger charge is 2.28. The summed E-state index contributed by atoms with van der Waals surface area (Å²) >= 11 is 0. The van der Waals surface area contributed by atoms with E-state index in [1.807, 2.05) is 0 Å². The van der Waals surface area contributed by atoms with Crippen molar-refractivity contribution in [3.05, 3.63) is 18.5 Å². The molecule has 0 atom stereocenters. The minimum Gasteiger partial charge on any atom is -0.302 e. The Hall–Kier alpha value is -1.98. The summed E-state index contributed by atoms with van der Waals surface area (Å²) in [7, 11) is 1.66. The van der Waals surface area contributed by atoms with E-state index < -0.39 is 0 Å². The van der Waals surface area contributed by atoms with Crippen molar-refractivity contribution < 1.29 is 9.59 Å². The minimum absolute atomic E-state index is 0.236. The van der Waals surface area contributed by atoms with E-state index in [0.717, 1.165) is 4.90 Å². The summed E-state index contributed by atoms with van der Waals surface area (Å²) in [6.45, 7) is 0. The SMILES string of the molecule is Cn1cnnc1N1C(=O)C=CC1=O. The highest BCUT2D eigenvalue weighted by molar-refractivity contribution is 6.27. The number of anilines is 1. The van der Waals surface area contributed by atoms with Gasteiger partial charge < -0.3 is 4.57 Å². The van der Waals surface area contributed by atoms with Crippen LogP contribution in [0.5, 0.6) is 0 Å². The molecule has 6 heteroatoms. The van der Waals surface area contributed by atoms with E-state index in [-0.39, 0.29) is 17.8 Å². The predicted molar refractivity (Wildman–Crippen MR) is 42.6 cm³/mol. The van der Waals surface area contributed by atoms with Gasteiger partial charge >= 0.3 is 0 Å². The van der Waals surface area contributed by atoms with Crippen molar-refractivity contribution in [1.29, 1.82) is 0 Å². The highest BCUT2D eigenvalue weighted by Crippen LogP contribution is 2.13. The molecule has 1 aliphatic rings. The Balaban J connectivity index is 2.43. The maximum absolute atomic E-state index is 11.2. The van der Waals surface area contributed by atoms with E-state index >= 15 is 0 Å². The molecule has 0 bridgehead atoms. The molecule has 0 fully saturated rings. The summed E-state index contributed by atoms with van der Waals surface area (Å²) in [5.74, 6) is -0.540. The monoisotopic (exact) mass is 178 g/mol. The minimum atomic E-state index is -0.388. The van der Waals surface area contributed by atoms with Crippen LogP contribution in [0.3, 0.4) is 0 Å². The summed E-state index contributed by atoms with van der Waals surface area (Å²) < 4.78 is 1.50. The Morgan fingerprint density at radius 3 is 2.31 bits per heavy atom. The van der Waals surface area contributed by atoms with Gasteiger partial charge in [-0.3, -0.25) is 9.59 Å². The zero-order chi connectivity index (χ0) is 9.42. The van der Waals surface area contributed by atoms with Crippen LogP contribution >= 0.6 is 0 Å². The van der Waals surface area contributed by atoms with Gasteiger partial charge in [-0.15, -0.1) is 10.2 Å². The second kappa shape index (κ2) is 2.51. The van der Waals surface area contributed by atoms with Gasteiger partial charge in [-0.1, -0.05) is 0 Å². The third-order valence-electron chi connectivity index (χ3n) is 1.70. The Morgan fingerprint density at radius 1 is 1.23 bits per heavy atom. The number of amides is 2. The standard InChI is InChI=1S/C7H6N4O2/c1-10-4-8-9-7(10)11-5(12)2-3-6(11)13/h2-4H,1H3. The van der Waals surface area contributed by atoms with Crippen LogP contribution in [0.4, 0.5) is 5.95 Å². The van der Waals surface area contributed by atoms with E-state index in [9.17, 15) is 9.59 Å². The van der Waals surface area contributed by atoms with Gasteiger partial charge in [-0.25, -0.2) is 4.90 Å². The first kappa shape index (κ1) is 7.66. The van der Waals surface area contributed by atoms with Gasteiger partial charge in [0.25, 0.3) is 11.8 Å². The summed E-state index contributed by atoms with van der Waals surface area (Å²) in [5, 5.41) is 7.23. The van der Waals surface area contributed by atoms with E-state index in [4.69, 9.17) is 0 Å². The molecule has 0 N–H and O–H groups in total. The number of rotatable bonds is 1. The van der Waals surface area contributed by atoms with Crippen LogP contribution < -0.4 is 4.90 Å². The Morgan fingerprint density at radius 2 is 1.85 bits per heavy atom. The molecule has 1 aliphatic heterocycles. The van der Waals surface area contributed by atoms with Crippen molar-refractivity contribution in [2.45, 2.75) is 0 Å². The third-order valence-corrected chi connectivity index (χ3v) is 1.70. The molecule has 0 saturated carbocycles. The maximum Gasteiger partial charge on any atom is 0.260 e. The Labute approximate surface area is 73.5 Å². The zero-order valence-electron chi connectivity index (χ0n) is 6.84. The summed E-state index contributed by atoms with van der Waals surface area (Å²) in [6, 6.07) is 0. The molecular weight excluding hydrogens is 172 g/mol. The van der Waals surface area contributed by atoms with Gasteiger partial charge in [-0.05, 0) is 0 Å². The molecule has 2 amide bonds. The van der Waals surface area contributed by atoms with Crippen LogP contribution in [0.25, 0.3) is 0 Å². The summed E-state index contributed by atoms with van der Waals surface area (Å²) in [4.78, 5) is 23.3. The molecule has 2 heterocycles. The molecule has 0 unspecified atom stereocenters. The number of aromatic nitrogens is 3. The predicted octanol–water partition coefficient (Wildman–Crippen LogP) is -0.756. The molecule has 1 aromatic heterocycles. The smallest absolute Gasteiger partial charge is 0.260 e.